The van der Waals surface area contributed by atoms with Crippen molar-refractivity contribution in [1.82, 2.24) is 19.6 Å². The van der Waals surface area contributed by atoms with Crippen LogP contribution in [0.1, 0.15) is 17.1 Å². The van der Waals surface area contributed by atoms with E-state index in [4.69, 9.17) is 9.47 Å². The summed E-state index contributed by atoms with van der Waals surface area (Å²) in [6.45, 7) is 1.93. The van der Waals surface area contributed by atoms with Gasteiger partial charge in [-0.25, -0.2) is 4.98 Å². The zero-order valence-electron chi connectivity index (χ0n) is 16.0. The van der Waals surface area contributed by atoms with Crippen LogP contribution in [0.5, 0.6) is 11.5 Å². The van der Waals surface area contributed by atoms with Crippen LogP contribution in [-0.2, 0) is 6.42 Å². The fraction of sp³-hybridized carbons (Fsp3) is 0.190. The highest BCUT2D eigenvalue weighted by Crippen LogP contribution is 2.31. The van der Waals surface area contributed by atoms with E-state index in [9.17, 15) is 0 Å². The number of hydrogen-bond acceptors (Lipinski definition) is 6. The number of ether oxygens (including phenoxy) is 2. The van der Waals surface area contributed by atoms with E-state index in [0.717, 1.165) is 28.5 Å². The van der Waals surface area contributed by atoms with E-state index in [1.165, 1.54) is 0 Å². The van der Waals surface area contributed by atoms with Crippen molar-refractivity contribution in [3.63, 3.8) is 0 Å². The molecule has 0 saturated heterocycles. The van der Waals surface area contributed by atoms with Crippen LogP contribution < -0.4 is 14.8 Å². The van der Waals surface area contributed by atoms with Crippen molar-refractivity contribution in [2.45, 2.75) is 13.3 Å². The molecule has 2 heterocycles. The van der Waals surface area contributed by atoms with Crippen LogP contribution in [0, 0.1) is 6.92 Å². The van der Waals surface area contributed by atoms with Crippen LogP contribution in [0.2, 0.25) is 0 Å². The first-order valence-corrected chi connectivity index (χ1v) is 8.92. The lowest BCUT2D eigenvalue weighted by Gasteiger charge is -2.13. The Bertz CT molecular complexity index is 1110. The van der Waals surface area contributed by atoms with Gasteiger partial charge in [-0.1, -0.05) is 30.3 Å². The molecule has 4 rings (SSSR count). The molecule has 7 heteroatoms. The van der Waals surface area contributed by atoms with Crippen LogP contribution in [0.25, 0.3) is 5.78 Å². The van der Waals surface area contributed by atoms with Gasteiger partial charge in [0.05, 0.1) is 19.9 Å². The summed E-state index contributed by atoms with van der Waals surface area (Å²) < 4.78 is 12.5. The topological polar surface area (TPSA) is 73.6 Å². The number of nitrogens with zero attached hydrogens (tertiary/aromatic N) is 4. The van der Waals surface area contributed by atoms with Crippen molar-refractivity contribution in [1.29, 1.82) is 0 Å². The van der Waals surface area contributed by atoms with Crippen LogP contribution in [0.15, 0.2) is 54.6 Å². The largest absolute Gasteiger partial charge is 0.497 e. The number of methoxy groups -OCH3 is 2. The first-order chi connectivity index (χ1) is 13.7. The average molecular weight is 375 g/mol. The van der Waals surface area contributed by atoms with Gasteiger partial charge in [0.15, 0.2) is 5.82 Å². The smallest absolute Gasteiger partial charge is 0.254 e. The number of benzene rings is 2. The van der Waals surface area contributed by atoms with Crippen LogP contribution in [0.3, 0.4) is 0 Å². The van der Waals surface area contributed by atoms with E-state index < -0.39 is 0 Å². The Kier molecular flexibility index (Phi) is 4.80. The number of rotatable bonds is 6. The molecule has 0 aliphatic rings. The summed E-state index contributed by atoms with van der Waals surface area (Å²) in [7, 11) is 3.25. The third-order valence-electron chi connectivity index (χ3n) is 4.36. The number of aryl methyl sites for hydroxylation is 1. The summed E-state index contributed by atoms with van der Waals surface area (Å²) in [4.78, 5) is 9.10. The monoisotopic (exact) mass is 375 g/mol. The van der Waals surface area contributed by atoms with Gasteiger partial charge < -0.3 is 14.8 Å². The summed E-state index contributed by atoms with van der Waals surface area (Å²) >= 11 is 0. The summed E-state index contributed by atoms with van der Waals surface area (Å²) in [5.74, 6) is 3.43. The van der Waals surface area contributed by atoms with Crippen molar-refractivity contribution in [2.75, 3.05) is 19.5 Å². The minimum Gasteiger partial charge on any atom is -0.497 e. The highest BCUT2D eigenvalue weighted by Gasteiger charge is 2.13. The third kappa shape index (κ3) is 3.59. The molecule has 0 aliphatic carbocycles. The van der Waals surface area contributed by atoms with Crippen molar-refractivity contribution in [2.24, 2.45) is 0 Å². The first-order valence-electron chi connectivity index (χ1n) is 8.92. The van der Waals surface area contributed by atoms with Gasteiger partial charge in [0.25, 0.3) is 5.78 Å². The number of hydrogen-bond donors (Lipinski definition) is 1. The number of aromatic nitrogens is 4. The van der Waals surface area contributed by atoms with Crippen LogP contribution in [0.4, 0.5) is 11.5 Å². The molecule has 7 nitrogen and oxygen atoms in total. The van der Waals surface area contributed by atoms with Crippen molar-refractivity contribution < 1.29 is 9.47 Å². The van der Waals surface area contributed by atoms with Crippen molar-refractivity contribution >= 4 is 17.3 Å². The number of anilines is 2. The number of fused-ring (bicyclic) bond motifs is 1. The quantitative estimate of drug-likeness (QED) is 0.553. The van der Waals surface area contributed by atoms with Gasteiger partial charge in [-0.2, -0.15) is 9.50 Å². The molecule has 142 valence electrons. The molecule has 4 aromatic rings. The number of nitrogens with one attached hydrogen (secondary N) is 1. The lowest BCUT2D eigenvalue weighted by Crippen LogP contribution is -2.04. The second-order valence-electron chi connectivity index (χ2n) is 6.38. The Morgan fingerprint density at radius 2 is 1.79 bits per heavy atom. The molecule has 2 aromatic carbocycles. The fourth-order valence-corrected chi connectivity index (χ4v) is 3.01. The minimum absolute atomic E-state index is 0.556. The molecule has 0 bridgehead atoms. The van der Waals surface area contributed by atoms with Gasteiger partial charge in [0.2, 0.25) is 0 Å². The van der Waals surface area contributed by atoms with E-state index in [1.54, 1.807) is 18.7 Å². The van der Waals surface area contributed by atoms with E-state index in [1.807, 2.05) is 49.4 Å². The highest BCUT2D eigenvalue weighted by atomic mass is 16.5. The Morgan fingerprint density at radius 1 is 0.964 bits per heavy atom. The molecule has 28 heavy (non-hydrogen) atoms. The van der Waals surface area contributed by atoms with E-state index in [-0.39, 0.29) is 0 Å². The Labute approximate surface area is 163 Å². The van der Waals surface area contributed by atoms with Gasteiger partial charge in [-0.3, -0.25) is 0 Å². The molecule has 2 aromatic heterocycles. The maximum atomic E-state index is 5.48. The zero-order chi connectivity index (χ0) is 19.5. The standard InChI is InChI=1S/C21H21N5O2/c1-14-11-20(23-17-10-9-16(27-2)13-18(17)28-3)26-21(22-14)24-19(25-26)12-15-7-5-4-6-8-15/h4-11,13,23H,12H2,1-3H3. The Morgan fingerprint density at radius 3 is 2.54 bits per heavy atom. The van der Waals surface area contributed by atoms with Crippen LogP contribution >= 0.6 is 0 Å². The highest BCUT2D eigenvalue weighted by molar-refractivity contribution is 5.67. The predicted molar refractivity (Wildman–Crippen MR) is 108 cm³/mol. The minimum atomic E-state index is 0.556. The van der Waals surface area contributed by atoms with Gasteiger partial charge >= 0.3 is 0 Å². The van der Waals surface area contributed by atoms with E-state index in [2.05, 4.69) is 32.5 Å². The van der Waals surface area contributed by atoms with Gasteiger partial charge in [-0.05, 0) is 24.6 Å². The maximum Gasteiger partial charge on any atom is 0.254 e. The van der Waals surface area contributed by atoms with Crippen molar-refractivity contribution in [3.05, 3.63) is 71.7 Å². The molecule has 0 unspecified atom stereocenters. The zero-order valence-corrected chi connectivity index (χ0v) is 16.0. The summed E-state index contributed by atoms with van der Waals surface area (Å²) in [6.07, 6.45) is 0.647. The second kappa shape index (κ2) is 7.56. The summed E-state index contributed by atoms with van der Waals surface area (Å²) in [5, 5.41) is 8.03. The van der Waals surface area contributed by atoms with E-state index >= 15 is 0 Å². The second-order valence-corrected chi connectivity index (χ2v) is 6.38. The summed E-state index contributed by atoms with van der Waals surface area (Å²) in [6, 6.07) is 17.7. The molecule has 1 N–H and O–H groups in total. The lowest BCUT2D eigenvalue weighted by atomic mass is 10.1. The normalized spacial score (nSPS) is 10.8. The molecule has 0 radical (unpaired) electrons. The lowest BCUT2D eigenvalue weighted by molar-refractivity contribution is 0.395. The Hall–Kier alpha value is -3.61. The molecular formula is C21H21N5O2. The SMILES string of the molecule is COc1ccc(Nc2cc(C)nc3nc(Cc4ccccc4)nn23)c(OC)c1. The third-order valence-corrected chi connectivity index (χ3v) is 4.36. The van der Waals surface area contributed by atoms with Gasteiger partial charge in [0.1, 0.15) is 17.3 Å². The van der Waals surface area contributed by atoms with Crippen molar-refractivity contribution in [3.8, 4) is 11.5 Å². The molecule has 0 saturated carbocycles. The predicted octanol–water partition coefficient (Wildman–Crippen LogP) is 3.78. The molecule has 0 amide bonds. The van der Waals surface area contributed by atoms with Crippen LogP contribution in [-0.4, -0.2) is 33.8 Å². The molecule has 0 fully saturated rings. The van der Waals surface area contributed by atoms with E-state index in [0.29, 0.717) is 23.8 Å². The Balaban J connectivity index is 1.71. The summed E-state index contributed by atoms with van der Waals surface area (Å²) in [5.41, 5.74) is 2.80. The average Bonchev–Trinajstić information content (AvgIpc) is 3.11. The van der Waals surface area contributed by atoms with Gasteiger partial charge in [-0.15, -0.1) is 5.10 Å². The molecule has 0 aliphatic heterocycles. The maximum absolute atomic E-state index is 5.48. The van der Waals surface area contributed by atoms with Gasteiger partial charge in [0, 0.05) is 24.2 Å². The fourth-order valence-electron chi connectivity index (χ4n) is 3.01. The molecule has 0 atom stereocenters. The molecular weight excluding hydrogens is 354 g/mol. The molecule has 0 spiro atoms. The first kappa shape index (κ1) is 17.8.